The van der Waals surface area contributed by atoms with Gasteiger partial charge >= 0.3 is 5.97 Å². The Hall–Kier alpha value is -1.97. The maximum absolute atomic E-state index is 11.7. The van der Waals surface area contributed by atoms with E-state index in [9.17, 15) is 4.79 Å². The van der Waals surface area contributed by atoms with Crippen molar-refractivity contribution in [3.63, 3.8) is 0 Å². The number of esters is 1. The number of nitrogens with one attached hydrogen (secondary N) is 1. The standard InChI is InChI=1S/C13H16N2O2/c1-3-8-7-15-12-10(8)5-9(6-11(12)14)13(16)17-4-2/h5-7,15H,3-4,14H2,1-2H3. The van der Waals surface area contributed by atoms with E-state index in [2.05, 4.69) is 11.9 Å². The summed E-state index contributed by atoms with van der Waals surface area (Å²) in [5.74, 6) is -0.329. The zero-order chi connectivity index (χ0) is 12.4. The van der Waals surface area contributed by atoms with Gasteiger partial charge in [-0.2, -0.15) is 0 Å². The van der Waals surface area contributed by atoms with Gasteiger partial charge in [0, 0.05) is 11.6 Å². The van der Waals surface area contributed by atoms with Crippen LogP contribution in [-0.4, -0.2) is 17.6 Å². The highest BCUT2D eigenvalue weighted by atomic mass is 16.5. The summed E-state index contributed by atoms with van der Waals surface area (Å²) in [6.45, 7) is 4.22. The van der Waals surface area contributed by atoms with Gasteiger partial charge in [0.05, 0.1) is 23.4 Å². The fourth-order valence-corrected chi connectivity index (χ4v) is 1.94. The first-order chi connectivity index (χ1) is 8.17. The maximum atomic E-state index is 11.7. The van der Waals surface area contributed by atoms with Crippen LogP contribution in [0, 0.1) is 0 Å². The first kappa shape index (κ1) is 11.5. The van der Waals surface area contributed by atoms with Crippen LogP contribution in [0.25, 0.3) is 10.9 Å². The number of hydrogen-bond donors (Lipinski definition) is 2. The molecule has 0 aliphatic rings. The van der Waals surface area contributed by atoms with Crippen molar-refractivity contribution in [2.45, 2.75) is 20.3 Å². The van der Waals surface area contributed by atoms with E-state index in [0.29, 0.717) is 17.9 Å². The van der Waals surface area contributed by atoms with E-state index in [1.807, 2.05) is 12.3 Å². The quantitative estimate of drug-likeness (QED) is 0.631. The average Bonchev–Trinajstić information content (AvgIpc) is 2.72. The number of nitrogens with two attached hydrogens (primary N) is 1. The third-order valence-corrected chi connectivity index (χ3v) is 2.80. The summed E-state index contributed by atoms with van der Waals surface area (Å²) < 4.78 is 4.98. The Bertz CT molecular complexity index is 558. The summed E-state index contributed by atoms with van der Waals surface area (Å²) >= 11 is 0. The third kappa shape index (κ3) is 1.98. The molecule has 0 aliphatic carbocycles. The van der Waals surface area contributed by atoms with Gasteiger partial charge in [0.1, 0.15) is 0 Å². The molecule has 90 valence electrons. The van der Waals surface area contributed by atoms with Crippen molar-refractivity contribution in [3.8, 4) is 0 Å². The molecule has 1 aromatic carbocycles. The number of H-pyrrole nitrogens is 1. The predicted octanol–water partition coefficient (Wildman–Crippen LogP) is 2.49. The van der Waals surface area contributed by atoms with E-state index in [1.165, 1.54) is 0 Å². The minimum Gasteiger partial charge on any atom is -0.462 e. The maximum Gasteiger partial charge on any atom is 0.338 e. The highest BCUT2D eigenvalue weighted by Crippen LogP contribution is 2.26. The molecule has 1 heterocycles. The monoisotopic (exact) mass is 232 g/mol. The van der Waals surface area contributed by atoms with Gasteiger partial charge in [-0.25, -0.2) is 4.79 Å². The number of fused-ring (bicyclic) bond motifs is 1. The first-order valence-corrected chi connectivity index (χ1v) is 5.74. The molecule has 2 rings (SSSR count). The number of aromatic nitrogens is 1. The van der Waals surface area contributed by atoms with Gasteiger partial charge in [-0.15, -0.1) is 0 Å². The smallest absolute Gasteiger partial charge is 0.338 e. The lowest BCUT2D eigenvalue weighted by atomic mass is 10.1. The second kappa shape index (κ2) is 4.49. The molecule has 0 radical (unpaired) electrons. The number of carbonyl (C=O) groups excluding carboxylic acids is 1. The fraction of sp³-hybridized carbons (Fsp3) is 0.308. The number of anilines is 1. The number of ether oxygens (including phenoxy) is 1. The Morgan fingerprint density at radius 3 is 2.82 bits per heavy atom. The molecule has 0 bridgehead atoms. The molecule has 0 fully saturated rings. The lowest BCUT2D eigenvalue weighted by molar-refractivity contribution is 0.0526. The molecule has 0 amide bonds. The van der Waals surface area contributed by atoms with E-state index in [-0.39, 0.29) is 5.97 Å². The van der Waals surface area contributed by atoms with Crippen molar-refractivity contribution in [2.75, 3.05) is 12.3 Å². The SMILES string of the molecule is CCOC(=O)c1cc(N)c2[nH]cc(CC)c2c1. The van der Waals surface area contributed by atoms with Crippen molar-refractivity contribution in [1.82, 2.24) is 4.98 Å². The van der Waals surface area contributed by atoms with Gasteiger partial charge < -0.3 is 15.5 Å². The molecule has 3 N–H and O–H groups in total. The number of nitrogen functional groups attached to an aromatic ring is 1. The summed E-state index contributed by atoms with van der Waals surface area (Å²) in [6.07, 6.45) is 2.82. The number of rotatable bonds is 3. The highest BCUT2D eigenvalue weighted by Gasteiger charge is 2.12. The van der Waals surface area contributed by atoms with E-state index in [4.69, 9.17) is 10.5 Å². The Kier molecular flexibility index (Phi) is 3.04. The van der Waals surface area contributed by atoms with Crippen LogP contribution < -0.4 is 5.73 Å². The number of carbonyl (C=O) groups is 1. The van der Waals surface area contributed by atoms with Gasteiger partial charge in [-0.05, 0) is 31.0 Å². The average molecular weight is 232 g/mol. The third-order valence-electron chi connectivity index (χ3n) is 2.80. The van der Waals surface area contributed by atoms with Crippen molar-refractivity contribution in [3.05, 3.63) is 29.5 Å². The molecular formula is C13H16N2O2. The van der Waals surface area contributed by atoms with E-state index < -0.39 is 0 Å². The number of aromatic amines is 1. The van der Waals surface area contributed by atoms with Gasteiger partial charge in [0.2, 0.25) is 0 Å². The molecule has 0 aliphatic heterocycles. The lowest BCUT2D eigenvalue weighted by Crippen LogP contribution is -2.05. The van der Waals surface area contributed by atoms with Crippen LogP contribution in [0.5, 0.6) is 0 Å². The van der Waals surface area contributed by atoms with Crippen molar-refractivity contribution >= 4 is 22.6 Å². The fourth-order valence-electron chi connectivity index (χ4n) is 1.94. The molecule has 4 nitrogen and oxygen atoms in total. The van der Waals surface area contributed by atoms with E-state index in [0.717, 1.165) is 22.9 Å². The van der Waals surface area contributed by atoms with E-state index in [1.54, 1.807) is 13.0 Å². The van der Waals surface area contributed by atoms with Gasteiger partial charge in [-0.3, -0.25) is 0 Å². The molecule has 0 atom stereocenters. The van der Waals surface area contributed by atoms with Gasteiger partial charge in [0.15, 0.2) is 0 Å². The van der Waals surface area contributed by atoms with Crippen LogP contribution in [0.4, 0.5) is 5.69 Å². The summed E-state index contributed by atoms with van der Waals surface area (Å²) in [7, 11) is 0. The van der Waals surface area contributed by atoms with Crippen molar-refractivity contribution in [2.24, 2.45) is 0 Å². The Morgan fingerprint density at radius 2 is 2.18 bits per heavy atom. The van der Waals surface area contributed by atoms with Crippen molar-refractivity contribution < 1.29 is 9.53 Å². The molecule has 17 heavy (non-hydrogen) atoms. The van der Waals surface area contributed by atoms with Crippen LogP contribution >= 0.6 is 0 Å². The van der Waals surface area contributed by atoms with Gasteiger partial charge in [0.25, 0.3) is 0 Å². The molecule has 0 spiro atoms. The molecule has 0 saturated carbocycles. The summed E-state index contributed by atoms with van der Waals surface area (Å²) in [6, 6.07) is 3.48. The Labute approximate surface area is 99.8 Å². The number of aryl methyl sites for hydroxylation is 1. The molecule has 1 aromatic heterocycles. The second-order valence-corrected chi connectivity index (χ2v) is 3.88. The first-order valence-electron chi connectivity index (χ1n) is 5.74. The summed E-state index contributed by atoms with van der Waals surface area (Å²) in [5.41, 5.74) is 9.03. The zero-order valence-corrected chi connectivity index (χ0v) is 10.0. The Morgan fingerprint density at radius 1 is 1.41 bits per heavy atom. The van der Waals surface area contributed by atoms with Crippen LogP contribution in [0.2, 0.25) is 0 Å². The van der Waals surface area contributed by atoms with Crippen LogP contribution in [0.15, 0.2) is 18.3 Å². The number of benzene rings is 1. The minimum atomic E-state index is -0.329. The molecular weight excluding hydrogens is 216 g/mol. The van der Waals surface area contributed by atoms with Crippen LogP contribution in [-0.2, 0) is 11.2 Å². The predicted molar refractivity (Wildman–Crippen MR) is 68.0 cm³/mol. The van der Waals surface area contributed by atoms with E-state index >= 15 is 0 Å². The second-order valence-electron chi connectivity index (χ2n) is 3.88. The van der Waals surface area contributed by atoms with Gasteiger partial charge in [-0.1, -0.05) is 6.92 Å². The molecule has 2 aromatic rings. The topological polar surface area (TPSA) is 68.1 Å². The molecule has 4 heteroatoms. The highest BCUT2D eigenvalue weighted by molar-refractivity contribution is 6.00. The lowest BCUT2D eigenvalue weighted by Gasteiger charge is -2.05. The Balaban J connectivity index is 2.56. The van der Waals surface area contributed by atoms with Crippen LogP contribution in [0.1, 0.15) is 29.8 Å². The molecule has 0 saturated heterocycles. The molecule has 0 unspecified atom stereocenters. The summed E-state index contributed by atoms with van der Waals surface area (Å²) in [4.78, 5) is 14.8. The normalized spacial score (nSPS) is 10.7. The zero-order valence-electron chi connectivity index (χ0n) is 10.0. The summed E-state index contributed by atoms with van der Waals surface area (Å²) in [5, 5.41) is 0.996. The van der Waals surface area contributed by atoms with Crippen molar-refractivity contribution in [1.29, 1.82) is 0 Å². The minimum absolute atomic E-state index is 0.329. The number of hydrogen-bond acceptors (Lipinski definition) is 3. The van der Waals surface area contributed by atoms with Crippen LogP contribution in [0.3, 0.4) is 0 Å². The largest absolute Gasteiger partial charge is 0.462 e.